The first-order valence-electron chi connectivity index (χ1n) is 7.32. The van der Waals surface area contributed by atoms with E-state index in [0.717, 1.165) is 51.8 Å². The van der Waals surface area contributed by atoms with Crippen molar-refractivity contribution in [3.05, 3.63) is 0 Å². The molecule has 1 unspecified atom stereocenters. The molecule has 0 aliphatic carbocycles. The van der Waals surface area contributed by atoms with Gasteiger partial charge in [0.2, 0.25) is 0 Å². The summed E-state index contributed by atoms with van der Waals surface area (Å²) in [4.78, 5) is 2.51. The molecule has 0 saturated carbocycles. The zero-order valence-corrected chi connectivity index (χ0v) is 12.3. The smallest absolute Gasteiger partial charge is 0.0935 e. The number of morpholine rings is 1. The van der Waals surface area contributed by atoms with E-state index in [0.29, 0.717) is 0 Å². The Morgan fingerprint density at radius 1 is 1.50 bits per heavy atom. The van der Waals surface area contributed by atoms with Crippen LogP contribution in [-0.4, -0.2) is 64.1 Å². The second-order valence-electron chi connectivity index (χ2n) is 5.30. The number of nitrogens with zero attached hydrogens (tertiary/aromatic N) is 1. The SMILES string of the molecule is CCC(C)CN1CCO[C@H](COCCCNC)C1. The summed E-state index contributed by atoms with van der Waals surface area (Å²) >= 11 is 0. The quantitative estimate of drug-likeness (QED) is 0.633. The van der Waals surface area contributed by atoms with Crippen molar-refractivity contribution >= 4 is 0 Å². The predicted octanol–water partition coefficient (Wildman–Crippen LogP) is 1.36. The monoisotopic (exact) mass is 258 g/mol. The van der Waals surface area contributed by atoms with E-state index >= 15 is 0 Å². The molecule has 0 aromatic rings. The number of hydrogen-bond donors (Lipinski definition) is 1. The van der Waals surface area contributed by atoms with Gasteiger partial charge in [-0.3, -0.25) is 4.90 Å². The minimum atomic E-state index is 0.261. The molecule has 1 rings (SSSR count). The highest BCUT2D eigenvalue weighted by molar-refractivity contribution is 4.72. The lowest BCUT2D eigenvalue weighted by molar-refractivity contribution is -0.0716. The Morgan fingerprint density at radius 2 is 2.33 bits per heavy atom. The fraction of sp³-hybridized carbons (Fsp3) is 1.00. The van der Waals surface area contributed by atoms with Crippen LogP contribution in [0.1, 0.15) is 26.7 Å². The van der Waals surface area contributed by atoms with Gasteiger partial charge in [-0.15, -0.1) is 0 Å². The van der Waals surface area contributed by atoms with Gasteiger partial charge in [0.25, 0.3) is 0 Å². The minimum absolute atomic E-state index is 0.261. The molecule has 108 valence electrons. The fourth-order valence-corrected chi connectivity index (χ4v) is 2.18. The molecule has 1 aliphatic heterocycles. The van der Waals surface area contributed by atoms with Crippen LogP contribution in [-0.2, 0) is 9.47 Å². The molecule has 0 amide bonds. The Bertz CT molecular complexity index is 202. The van der Waals surface area contributed by atoms with Crippen LogP contribution >= 0.6 is 0 Å². The van der Waals surface area contributed by atoms with Crippen LogP contribution in [0.25, 0.3) is 0 Å². The molecule has 0 aromatic heterocycles. The van der Waals surface area contributed by atoms with Gasteiger partial charge < -0.3 is 14.8 Å². The van der Waals surface area contributed by atoms with E-state index < -0.39 is 0 Å². The molecule has 4 nitrogen and oxygen atoms in total. The fourth-order valence-electron chi connectivity index (χ4n) is 2.18. The molecular weight excluding hydrogens is 228 g/mol. The van der Waals surface area contributed by atoms with Crippen molar-refractivity contribution in [2.24, 2.45) is 5.92 Å². The first-order valence-corrected chi connectivity index (χ1v) is 7.32. The molecule has 0 spiro atoms. The first-order chi connectivity index (χ1) is 8.76. The van der Waals surface area contributed by atoms with Gasteiger partial charge >= 0.3 is 0 Å². The van der Waals surface area contributed by atoms with Crippen molar-refractivity contribution in [1.29, 1.82) is 0 Å². The van der Waals surface area contributed by atoms with Crippen molar-refractivity contribution in [2.45, 2.75) is 32.8 Å². The molecular formula is C14H30N2O2. The lowest BCUT2D eigenvalue weighted by Gasteiger charge is -2.34. The summed E-state index contributed by atoms with van der Waals surface area (Å²) in [7, 11) is 1.97. The van der Waals surface area contributed by atoms with Crippen LogP contribution in [0.2, 0.25) is 0 Å². The molecule has 0 bridgehead atoms. The topological polar surface area (TPSA) is 33.7 Å². The molecule has 1 saturated heterocycles. The summed E-state index contributed by atoms with van der Waals surface area (Å²) < 4.78 is 11.4. The Morgan fingerprint density at radius 3 is 3.06 bits per heavy atom. The van der Waals surface area contributed by atoms with Crippen LogP contribution in [0.3, 0.4) is 0 Å². The van der Waals surface area contributed by atoms with Crippen molar-refractivity contribution < 1.29 is 9.47 Å². The zero-order chi connectivity index (χ0) is 13.2. The average Bonchev–Trinajstić information content (AvgIpc) is 2.39. The molecule has 1 N–H and O–H groups in total. The molecule has 1 heterocycles. The molecule has 18 heavy (non-hydrogen) atoms. The molecule has 1 fully saturated rings. The molecule has 4 heteroatoms. The molecule has 2 atom stereocenters. The van der Waals surface area contributed by atoms with Crippen LogP contribution in [0.4, 0.5) is 0 Å². The highest BCUT2D eigenvalue weighted by Crippen LogP contribution is 2.10. The zero-order valence-electron chi connectivity index (χ0n) is 12.3. The predicted molar refractivity (Wildman–Crippen MR) is 75.0 cm³/mol. The van der Waals surface area contributed by atoms with Gasteiger partial charge in [-0.05, 0) is 25.9 Å². The number of nitrogens with one attached hydrogen (secondary N) is 1. The average molecular weight is 258 g/mol. The summed E-state index contributed by atoms with van der Waals surface area (Å²) in [5.41, 5.74) is 0. The number of hydrogen-bond acceptors (Lipinski definition) is 4. The third kappa shape index (κ3) is 6.69. The molecule has 0 aromatic carbocycles. The largest absolute Gasteiger partial charge is 0.379 e. The van der Waals surface area contributed by atoms with E-state index in [2.05, 4.69) is 24.1 Å². The van der Waals surface area contributed by atoms with Gasteiger partial charge in [-0.25, -0.2) is 0 Å². The van der Waals surface area contributed by atoms with Crippen LogP contribution in [0.5, 0.6) is 0 Å². The second kappa shape index (κ2) is 9.73. The van der Waals surface area contributed by atoms with E-state index in [4.69, 9.17) is 9.47 Å². The summed E-state index contributed by atoms with van der Waals surface area (Å²) in [5.74, 6) is 0.778. The van der Waals surface area contributed by atoms with Gasteiger partial charge in [0.1, 0.15) is 0 Å². The highest BCUT2D eigenvalue weighted by atomic mass is 16.5. The molecule has 1 aliphatic rings. The Labute approximate surface area is 112 Å². The minimum Gasteiger partial charge on any atom is -0.379 e. The van der Waals surface area contributed by atoms with Crippen LogP contribution < -0.4 is 5.32 Å². The number of rotatable bonds is 9. The van der Waals surface area contributed by atoms with Gasteiger partial charge in [0, 0.05) is 26.2 Å². The van der Waals surface area contributed by atoms with Crippen LogP contribution in [0, 0.1) is 5.92 Å². The number of ether oxygens (including phenoxy) is 2. The van der Waals surface area contributed by atoms with Gasteiger partial charge in [0.05, 0.1) is 19.3 Å². The summed E-state index contributed by atoms with van der Waals surface area (Å²) in [6.45, 7) is 11.3. The Kier molecular flexibility index (Phi) is 8.59. The summed E-state index contributed by atoms with van der Waals surface area (Å²) in [6.07, 6.45) is 2.58. The lowest BCUT2D eigenvalue weighted by Crippen LogP contribution is -2.45. The van der Waals surface area contributed by atoms with Crippen molar-refractivity contribution in [3.8, 4) is 0 Å². The Hall–Kier alpha value is -0.160. The Balaban J connectivity index is 2.10. The highest BCUT2D eigenvalue weighted by Gasteiger charge is 2.21. The van der Waals surface area contributed by atoms with Crippen molar-refractivity contribution in [1.82, 2.24) is 10.2 Å². The van der Waals surface area contributed by atoms with E-state index in [1.165, 1.54) is 13.0 Å². The summed E-state index contributed by atoms with van der Waals surface area (Å²) in [6, 6.07) is 0. The van der Waals surface area contributed by atoms with Crippen molar-refractivity contribution in [3.63, 3.8) is 0 Å². The normalized spacial score (nSPS) is 23.2. The third-order valence-corrected chi connectivity index (χ3v) is 3.51. The maximum atomic E-state index is 5.75. The first kappa shape index (κ1) is 15.9. The van der Waals surface area contributed by atoms with E-state index in [-0.39, 0.29) is 6.10 Å². The van der Waals surface area contributed by atoms with Gasteiger partial charge in [0.15, 0.2) is 0 Å². The van der Waals surface area contributed by atoms with Crippen LogP contribution in [0.15, 0.2) is 0 Å². The maximum absolute atomic E-state index is 5.75. The summed E-state index contributed by atoms with van der Waals surface area (Å²) in [5, 5.41) is 3.12. The maximum Gasteiger partial charge on any atom is 0.0935 e. The second-order valence-corrected chi connectivity index (χ2v) is 5.30. The van der Waals surface area contributed by atoms with E-state index in [9.17, 15) is 0 Å². The molecule has 0 radical (unpaired) electrons. The third-order valence-electron chi connectivity index (χ3n) is 3.51. The standard InChI is InChI=1S/C14H30N2O2/c1-4-13(2)10-16-7-9-18-14(11-16)12-17-8-5-6-15-3/h13-15H,4-12H2,1-3H3/t13?,14-/m0/s1. The van der Waals surface area contributed by atoms with Gasteiger partial charge in [-0.1, -0.05) is 20.3 Å². The van der Waals surface area contributed by atoms with E-state index in [1.54, 1.807) is 0 Å². The van der Waals surface area contributed by atoms with Gasteiger partial charge in [-0.2, -0.15) is 0 Å². The van der Waals surface area contributed by atoms with Crippen molar-refractivity contribution in [2.75, 3.05) is 53.0 Å². The van der Waals surface area contributed by atoms with E-state index in [1.807, 2.05) is 7.05 Å². The lowest BCUT2D eigenvalue weighted by atomic mass is 10.1.